The van der Waals surface area contributed by atoms with E-state index in [0.717, 1.165) is 24.0 Å². The van der Waals surface area contributed by atoms with Gasteiger partial charge in [0, 0.05) is 29.6 Å². The quantitative estimate of drug-likeness (QED) is 0.721. The van der Waals surface area contributed by atoms with Gasteiger partial charge in [-0.1, -0.05) is 15.9 Å². The molecule has 0 N–H and O–H groups in total. The number of amides is 1. The molecule has 2 rings (SSSR count). The highest BCUT2D eigenvalue weighted by Gasteiger charge is 2.33. The largest absolute Gasteiger partial charge is 0.339 e. The summed E-state index contributed by atoms with van der Waals surface area (Å²) in [5, 5.41) is 0.943. The highest BCUT2D eigenvalue weighted by molar-refractivity contribution is 9.09. The van der Waals surface area contributed by atoms with Gasteiger partial charge in [-0.05, 0) is 25.0 Å². The van der Waals surface area contributed by atoms with E-state index >= 15 is 0 Å². The minimum absolute atomic E-state index is 0.319. The third-order valence-corrected chi connectivity index (χ3v) is 5.03. The van der Waals surface area contributed by atoms with Crippen molar-refractivity contribution in [3.63, 3.8) is 0 Å². The Morgan fingerprint density at radius 2 is 2.36 bits per heavy atom. The van der Waals surface area contributed by atoms with Crippen LogP contribution in [-0.2, 0) is 4.79 Å². The van der Waals surface area contributed by atoms with E-state index in [1.54, 1.807) is 0 Å². The van der Waals surface area contributed by atoms with Crippen LogP contribution < -0.4 is 0 Å². The Kier molecular flexibility index (Phi) is 3.77. The number of hydrogen-bond donors (Lipinski definition) is 0. The smallest absolute Gasteiger partial charge is 0.226 e. The molecule has 0 spiro atoms. The molecule has 2 fully saturated rings. The Balaban J connectivity index is 1.95. The summed E-state index contributed by atoms with van der Waals surface area (Å²) in [6.07, 6.45) is 3.45. The second-order valence-corrected chi connectivity index (χ2v) is 5.84. The Bertz CT molecular complexity index is 218. The van der Waals surface area contributed by atoms with Gasteiger partial charge in [0.2, 0.25) is 5.91 Å². The summed E-state index contributed by atoms with van der Waals surface area (Å²) in [6, 6.07) is 0.466. The van der Waals surface area contributed by atoms with Gasteiger partial charge in [-0.15, -0.1) is 0 Å². The standard InChI is InChI=1S/C10H16BrNOS/c11-6-9-2-1-4-12(9)10(13)8-3-5-14-7-8/h8-9H,1-7H2/t8?,9-/m1/s1. The van der Waals surface area contributed by atoms with E-state index in [-0.39, 0.29) is 0 Å². The van der Waals surface area contributed by atoms with Crippen molar-refractivity contribution in [3.8, 4) is 0 Å². The molecule has 0 aromatic heterocycles. The minimum atomic E-state index is 0.319. The van der Waals surface area contributed by atoms with Gasteiger partial charge in [0.1, 0.15) is 0 Å². The molecule has 2 atom stereocenters. The molecule has 1 unspecified atom stereocenters. The first-order valence-corrected chi connectivity index (χ1v) is 7.54. The lowest BCUT2D eigenvalue weighted by Gasteiger charge is -2.25. The molecule has 2 aliphatic heterocycles. The summed E-state index contributed by atoms with van der Waals surface area (Å²) in [5.74, 6) is 2.95. The molecule has 4 heteroatoms. The van der Waals surface area contributed by atoms with Crippen LogP contribution in [0.2, 0.25) is 0 Å². The van der Waals surface area contributed by atoms with Crippen LogP contribution in [0.3, 0.4) is 0 Å². The Hall–Kier alpha value is 0.300. The van der Waals surface area contributed by atoms with Gasteiger partial charge < -0.3 is 4.90 Å². The van der Waals surface area contributed by atoms with E-state index < -0.39 is 0 Å². The molecule has 0 aromatic carbocycles. The zero-order valence-corrected chi connectivity index (χ0v) is 10.6. The van der Waals surface area contributed by atoms with Crippen LogP contribution in [0, 0.1) is 5.92 Å². The van der Waals surface area contributed by atoms with Gasteiger partial charge >= 0.3 is 0 Å². The minimum Gasteiger partial charge on any atom is -0.339 e. The van der Waals surface area contributed by atoms with Crippen LogP contribution >= 0.6 is 27.7 Å². The van der Waals surface area contributed by atoms with Crippen LogP contribution in [0.5, 0.6) is 0 Å². The highest BCUT2D eigenvalue weighted by atomic mass is 79.9. The maximum Gasteiger partial charge on any atom is 0.226 e. The number of hydrogen-bond acceptors (Lipinski definition) is 2. The first-order valence-electron chi connectivity index (χ1n) is 5.27. The Morgan fingerprint density at radius 1 is 1.50 bits per heavy atom. The lowest BCUT2D eigenvalue weighted by molar-refractivity contribution is -0.135. The number of likely N-dealkylation sites (tertiary alicyclic amines) is 1. The third-order valence-electron chi connectivity index (χ3n) is 3.12. The Morgan fingerprint density at radius 3 is 3.00 bits per heavy atom. The molecule has 80 valence electrons. The zero-order chi connectivity index (χ0) is 9.97. The second kappa shape index (κ2) is 4.88. The fourth-order valence-electron chi connectivity index (χ4n) is 2.25. The average Bonchev–Trinajstić information content (AvgIpc) is 2.87. The summed E-state index contributed by atoms with van der Waals surface area (Å²) < 4.78 is 0. The fourth-order valence-corrected chi connectivity index (χ4v) is 4.13. The summed E-state index contributed by atoms with van der Waals surface area (Å²) in [7, 11) is 0. The predicted molar refractivity (Wildman–Crippen MR) is 64.0 cm³/mol. The molecular formula is C10H16BrNOS. The lowest BCUT2D eigenvalue weighted by atomic mass is 10.1. The first-order chi connectivity index (χ1) is 6.83. The third kappa shape index (κ3) is 2.11. The summed E-state index contributed by atoms with van der Waals surface area (Å²) in [5.41, 5.74) is 0. The number of carbonyl (C=O) groups is 1. The molecule has 0 aliphatic carbocycles. The number of alkyl halides is 1. The molecule has 14 heavy (non-hydrogen) atoms. The average molecular weight is 278 g/mol. The van der Waals surface area contributed by atoms with Gasteiger partial charge in [-0.25, -0.2) is 0 Å². The van der Waals surface area contributed by atoms with Gasteiger partial charge in [0.15, 0.2) is 0 Å². The molecule has 2 heterocycles. The van der Waals surface area contributed by atoms with E-state index in [0.29, 0.717) is 17.9 Å². The zero-order valence-electron chi connectivity index (χ0n) is 8.25. The van der Waals surface area contributed by atoms with E-state index in [1.165, 1.54) is 18.6 Å². The van der Waals surface area contributed by atoms with Crippen LogP contribution in [0.4, 0.5) is 0 Å². The van der Waals surface area contributed by atoms with Crippen molar-refractivity contribution in [2.45, 2.75) is 25.3 Å². The van der Waals surface area contributed by atoms with E-state index in [1.807, 2.05) is 11.8 Å². The summed E-state index contributed by atoms with van der Waals surface area (Å²) >= 11 is 5.41. The lowest BCUT2D eigenvalue weighted by Crippen LogP contribution is -2.40. The monoisotopic (exact) mass is 277 g/mol. The van der Waals surface area contributed by atoms with Gasteiger partial charge in [0.05, 0.1) is 0 Å². The molecule has 2 aliphatic rings. The van der Waals surface area contributed by atoms with Gasteiger partial charge in [-0.2, -0.15) is 11.8 Å². The highest BCUT2D eigenvalue weighted by Crippen LogP contribution is 2.28. The van der Waals surface area contributed by atoms with E-state index in [9.17, 15) is 4.79 Å². The van der Waals surface area contributed by atoms with Crippen molar-refractivity contribution in [2.24, 2.45) is 5.92 Å². The second-order valence-electron chi connectivity index (χ2n) is 4.04. The SMILES string of the molecule is O=C(C1CCSC1)N1CCC[C@@H]1CBr. The van der Waals surface area contributed by atoms with Crippen molar-refractivity contribution in [1.82, 2.24) is 4.90 Å². The van der Waals surface area contributed by atoms with Crippen LogP contribution in [0.1, 0.15) is 19.3 Å². The van der Waals surface area contributed by atoms with Crippen molar-refractivity contribution in [3.05, 3.63) is 0 Å². The van der Waals surface area contributed by atoms with Crippen molar-refractivity contribution >= 4 is 33.6 Å². The fraction of sp³-hybridized carbons (Fsp3) is 0.900. The van der Waals surface area contributed by atoms with Crippen LogP contribution in [-0.4, -0.2) is 40.2 Å². The molecule has 0 aromatic rings. The molecule has 2 saturated heterocycles. The molecule has 0 radical (unpaired) electrons. The van der Waals surface area contributed by atoms with Crippen LogP contribution in [0.25, 0.3) is 0 Å². The molecule has 2 nitrogen and oxygen atoms in total. The van der Waals surface area contributed by atoms with Gasteiger partial charge in [0.25, 0.3) is 0 Å². The Labute approximate surface area is 97.9 Å². The maximum atomic E-state index is 12.1. The topological polar surface area (TPSA) is 20.3 Å². The molecular weight excluding hydrogens is 262 g/mol. The van der Waals surface area contributed by atoms with E-state index in [2.05, 4.69) is 20.8 Å². The number of nitrogens with zero attached hydrogens (tertiary/aromatic N) is 1. The van der Waals surface area contributed by atoms with Crippen LogP contribution in [0.15, 0.2) is 0 Å². The predicted octanol–water partition coefficient (Wildman–Crippen LogP) is 2.13. The van der Waals surface area contributed by atoms with Crippen molar-refractivity contribution in [2.75, 3.05) is 23.4 Å². The summed E-state index contributed by atoms with van der Waals surface area (Å²) in [6.45, 7) is 0.982. The van der Waals surface area contributed by atoms with Crippen molar-refractivity contribution in [1.29, 1.82) is 0 Å². The normalized spacial score (nSPS) is 32.5. The molecule has 0 bridgehead atoms. The molecule has 0 saturated carbocycles. The molecule has 1 amide bonds. The van der Waals surface area contributed by atoms with Crippen molar-refractivity contribution < 1.29 is 4.79 Å². The number of thioether (sulfide) groups is 1. The van der Waals surface area contributed by atoms with E-state index in [4.69, 9.17) is 0 Å². The number of rotatable bonds is 2. The maximum absolute atomic E-state index is 12.1. The number of carbonyl (C=O) groups excluding carboxylic acids is 1. The summed E-state index contributed by atoms with van der Waals surface area (Å²) in [4.78, 5) is 14.2. The van der Waals surface area contributed by atoms with Gasteiger partial charge in [-0.3, -0.25) is 4.79 Å². The first kappa shape index (κ1) is 10.8. The number of halogens is 1.